The molecule has 3 aliphatic rings. The largest absolute Gasteiger partial charge is 0.394 e. The molecule has 0 aromatic heterocycles. The van der Waals surface area contributed by atoms with Gasteiger partial charge in [-0.3, -0.25) is 14.4 Å². The third-order valence-electron chi connectivity index (χ3n) is 9.17. The average Bonchev–Trinajstić information content (AvgIpc) is 3.64. The van der Waals surface area contributed by atoms with Gasteiger partial charge in [0.1, 0.15) is 11.6 Å². The molecule has 2 unspecified atom stereocenters. The second-order valence-corrected chi connectivity index (χ2v) is 12.4. The minimum atomic E-state index is -1.21. The summed E-state index contributed by atoms with van der Waals surface area (Å²) in [5, 5.41) is 10.9. The number of anilines is 1. The van der Waals surface area contributed by atoms with Gasteiger partial charge in [-0.25, -0.2) is 0 Å². The van der Waals surface area contributed by atoms with Crippen LogP contribution < -0.4 is 4.90 Å². The van der Waals surface area contributed by atoms with E-state index in [0.29, 0.717) is 36.6 Å². The van der Waals surface area contributed by atoms with E-state index in [1.54, 1.807) is 41.3 Å². The summed E-state index contributed by atoms with van der Waals surface area (Å²) >= 11 is 6.56. The predicted molar refractivity (Wildman–Crippen MR) is 166 cm³/mol. The van der Waals surface area contributed by atoms with Crippen LogP contribution in [0.4, 0.5) is 5.69 Å². The third-order valence-corrected chi connectivity index (χ3v) is 9.49. The number of hydrogen-bond donors (Lipinski definition) is 1. The molecule has 1 spiro atoms. The molecule has 228 valence electrons. The first kappa shape index (κ1) is 31.0. The molecule has 0 aliphatic carbocycles. The lowest BCUT2D eigenvalue weighted by Crippen LogP contribution is -2.59. The number of para-hydroxylation sites is 1. The number of aliphatic hydroxyl groups is 1. The standard InChI is InChI=1S/C34H40ClN3O5/c1-5-18-36(20-23-12-8-7-9-13-23)31(40)28-27-16-17-34(43-27)29(28)32(41)38(26(21-39)22(3)4)30(34)33(42)37(19-6-2)25-15-11-10-14-24(25)35/h5-15,22,26-30,39H,1-2,16-21H2,3-4H3/t26-,27-,28+,29-,30?,34?/m0/s1. The van der Waals surface area contributed by atoms with Gasteiger partial charge in [0.25, 0.3) is 5.91 Å². The molecule has 8 nitrogen and oxygen atoms in total. The van der Waals surface area contributed by atoms with E-state index in [9.17, 15) is 19.5 Å². The number of benzene rings is 2. The summed E-state index contributed by atoms with van der Waals surface area (Å²) in [6, 6.07) is 15.0. The van der Waals surface area contributed by atoms with Crippen LogP contribution in [0.5, 0.6) is 0 Å². The first-order valence-corrected chi connectivity index (χ1v) is 15.3. The molecule has 2 aromatic carbocycles. The highest BCUT2D eigenvalue weighted by molar-refractivity contribution is 6.34. The molecule has 3 amide bonds. The van der Waals surface area contributed by atoms with Gasteiger partial charge in [0.15, 0.2) is 0 Å². The Morgan fingerprint density at radius 3 is 2.40 bits per heavy atom. The molecular weight excluding hydrogens is 566 g/mol. The molecule has 3 aliphatic heterocycles. The molecule has 9 heteroatoms. The van der Waals surface area contributed by atoms with Crippen molar-refractivity contribution in [2.24, 2.45) is 17.8 Å². The molecule has 3 saturated heterocycles. The van der Waals surface area contributed by atoms with Crippen molar-refractivity contribution >= 4 is 35.0 Å². The van der Waals surface area contributed by atoms with Crippen LogP contribution in [0.3, 0.4) is 0 Å². The van der Waals surface area contributed by atoms with Gasteiger partial charge in [0.05, 0.1) is 41.3 Å². The molecule has 1 N–H and O–H groups in total. The SMILES string of the molecule is C=CCN(Cc1ccccc1)C(=O)[C@@H]1[C@@H]2CCC3(O2)C(C(=O)N(CC=C)c2ccccc2Cl)N([C@@H](CO)C(C)C)C(=O)[C@H]13. The number of halogens is 1. The topological polar surface area (TPSA) is 90.4 Å². The summed E-state index contributed by atoms with van der Waals surface area (Å²) in [5.74, 6) is -2.67. The van der Waals surface area contributed by atoms with Crippen molar-refractivity contribution < 1.29 is 24.2 Å². The second kappa shape index (κ2) is 12.6. The molecule has 3 fully saturated rings. The Labute approximate surface area is 258 Å². The van der Waals surface area contributed by atoms with Crippen molar-refractivity contribution in [1.29, 1.82) is 0 Å². The van der Waals surface area contributed by atoms with Gasteiger partial charge in [-0.15, -0.1) is 13.2 Å². The molecule has 2 bridgehead atoms. The number of rotatable bonds is 12. The highest BCUT2D eigenvalue weighted by atomic mass is 35.5. The van der Waals surface area contributed by atoms with E-state index in [0.717, 1.165) is 5.56 Å². The number of hydrogen-bond acceptors (Lipinski definition) is 5. The number of nitrogens with zero attached hydrogens (tertiary/aromatic N) is 3. The fourth-order valence-corrected chi connectivity index (χ4v) is 7.52. The van der Waals surface area contributed by atoms with Gasteiger partial charge in [0, 0.05) is 19.6 Å². The Bertz CT molecular complexity index is 1380. The van der Waals surface area contributed by atoms with Crippen LogP contribution in [-0.2, 0) is 25.7 Å². The monoisotopic (exact) mass is 605 g/mol. The lowest BCUT2D eigenvalue weighted by molar-refractivity contribution is -0.148. The van der Waals surface area contributed by atoms with Crippen molar-refractivity contribution in [2.75, 3.05) is 24.6 Å². The van der Waals surface area contributed by atoms with E-state index in [4.69, 9.17) is 16.3 Å². The summed E-state index contributed by atoms with van der Waals surface area (Å²) in [4.78, 5) is 48.3. The van der Waals surface area contributed by atoms with Crippen molar-refractivity contribution in [1.82, 2.24) is 9.80 Å². The molecular formula is C34H40ClN3O5. The number of amides is 3. The molecule has 3 heterocycles. The predicted octanol–water partition coefficient (Wildman–Crippen LogP) is 4.47. The Morgan fingerprint density at radius 1 is 1.09 bits per heavy atom. The van der Waals surface area contributed by atoms with Gasteiger partial charge >= 0.3 is 0 Å². The summed E-state index contributed by atoms with van der Waals surface area (Å²) < 4.78 is 6.68. The van der Waals surface area contributed by atoms with Gasteiger partial charge in [-0.1, -0.05) is 80.1 Å². The van der Waals surface area contributed by atoms with E-state index in [1.807, 2.05) is 44.2 Å². The Morgan fingerprint density at radius 2 is 1.77 bits per heavy atom. The quantitative estimate of drug-likeness (QED) is 0.361. The van der Waals surface area contributed by atoms with Crippen LogP contribution in [0.1, 0.15) is 32.3 Å². The minimum absolute atomic E-state index is 0.156. The lowest BCUT2D eigenvalue weighted by atomic mass is 9.70. The average molecular weight is 606 g/mol. The summed E-state index contributed by atoms with van der Waals surface area (Å²) in [5.41, 5.74) is 0.241. The minimum Gasteiger partial charge on any atom is -0.394 e. The van der Waals surface area contributed by atoms with Crippen molar-refractivity contribution in [3.8, 4) is 0 Å². The second-order valence-electron chi connectivity index (χ2n) is 12.0. The zero-order valence-corrected chi connectivity index (χ0v) is 25.5. The maximum atomic E-state index is 14.7. The van der Waals surface area contributed by atoms with Crippen LogP contribution >= 0.6 is 11.6 Å². The number of aliphatic hydroxyl groups excluding tert-OH is 1. The zero-order chi connectivity index (χ0) is 30.9. The first-order chi connectivity index (χ1) is 20.7. The molecule has 2 aromatic rings. The molecule has 43 heavy (non-hydrogen) atoms. The van der Waals surface area contributed by atoms with Crippen LogP contribution in [-0.4, -0.2) is 76.1 Å². The van der Waals surface area contributed by atoms with E-state index in [-0.39, 0.29) is 36.8 Å². The number of carbonyl (C=O) groups excluding carboxylic acids is 3. The van der Waals surface area contributed by atoms with Crippen molar-refractivity contribution in [2.45, 2.75) is 57.0 Å². The number of ether oxygens (including phenoxy) is 1. The Balaban J connectivity index is 1.58. The summed E-state index contributed by atoms with van der Waals surface area (Å²) in [7, 11) is 0. The molecule has 0 saturated carbocycles. The van der Waals surface area contributed by atoms with Crippen LogP contribution in [0.15, 0.2) is 79.9 Å². The van der Waals surface area contributed by atoms with Gasteiger partial charge < -0.3 is 24.5 Å². The van der Waals surface area contributed by atoms with Gasteiger partial charge in [0.2, 0.25) is 11.8 Å². The van der Waals surface area contributed by atoms with Crippen LogP contribution in [0.25, 0.3) is 0 Å². The maximum Gasteiger partial charge on any atom is 0.253 e. The van der Waals surface area contributed by atoms with E-state index in [2.05, 4.69) is 13.2 Å². The molecule has 5 rings (SSSR count). The lowest BCUT2D eigenvalue weighted by Gasteiger charge is -2.40. The highest BCUT2D eigenvalue weighted by Crippen LogP contribution is 2.59. The molecule has 0 radical (unpaired) electrons. The Hall–Kier alpha value is -3.46. The molecule has 6 atom stereocenters. The third kappa shape index (κ3) is 5.30. The maximum absolute atomic E-state index is 14.7. The van der Waals surface area contributed by atoms with E-state index in [1.165, 1.54) is 9.80 Å². The fourth-order valence-electron chi connectivity index (χ4n) is 7.29. The number of fused-ring (bicyclic) bond motifs is 1. The smallest absolute Gasteiger partial charge is 0.253 e. The number of likely N-dealkylation sites (tertiary alicyclic amines) is 1. The fraction of sp³-hybridized carbons (Fsp3) is 0.441. The number of carbonyl (C=O) groups is 3. The van der Waals surface area contributed by atoms with Crippen LogP contribution in [0.2, 0.25) is 5.02 Å². The van der Waals surface area contributed by atoms with Crippen molar-refractivity contribution in [3.05, 3.63) is 90.5 Å². The van der Waals surface area contributed by atoms with Gasteiger partial charge in [-0.2, -0.15) is 0 Å². The van der Waals surface area contributed by atoms with Gasteiger partial charge in [-0.05, 0) is 36.5 Å². The van der Waals surface area contributed by atoms with Crippen molar-refractivity contribution in [3.63, 3.8) is 0 Å². The summed E-state index contributed by atoms with van der Waals surface area (Å²) in [6.07, 6.45) is 3.79. The van der Waals surface area contributed by atoms with E-state index < -0.39 is 35.6 Å². The first-order valence-electron chi connectivity index (χ1n) is 14.9. The normalized spacial score (nSPS) is 26.3. The Kier molecular flexibility index (Phi) is 9.11. The van der Waals surface area contributed by atoms with E-state index >= 15 is 0 Å². The summed E-state index contributed by atoms with van der Waals surface area (Å²) in [6.45, 7) is 12.0. The van der Waals surface area contributed by atoms with Crippen LogP contribution in [0, 0.1) is 17.8 Å². The highest BCUT2D eigenvalue weighted by Gasteiger charge is 2.75. The zero-order valence-electron chi connectivity index (χ0n) is 24.8.